The molecule has 1 amide bonds. The zero-order valence-corrected chi connectivity index (χ0v) is 16.7. The molecule has 0 bridgehead atoms. The summed E-state index contributed by atoms with van der Waals surface area (Å²) in [6.45, 7) is 1.74. The van der Waals surface area contributed by atoms with Crippen LogP contribution in [-0.2, 0) is 6.54 Å². The molecule has 2 aromatic heterocycles. The van der Waals surface area contributed by atoms with Crippen molar-refractivity contribution in [2.45, 2.75) is 13.5 Å². The van der Waals surface area contributed by atoms with E-state index in [1.54, 1.807) is 48.6 Å². The Morgan fingerprint density at radius 1 is 1.10 bits per heavy atom. The van der Waals surface area contributed by atoms with Crippen molar-refractivity contribution in [1.29, 1.82) is 0 Å². The van der Waals surface area contributed by atoms with Gasteiger partial charge in [-0.2, -0.15) is 0 Å². The van der Waals surface area contributed by atoms with Crippen molar-refractivity contribution in [3.63, 3.8) is 0 Å². The van der Waals surface area contributed by atoms with Gasteiger partial charge in [0.15, 0.2) is 10.9 Å². The molecule has 4 rings (SSSR count). The summed E-state index contributed by atoms with van der Waals surface area (Å²) in [5.74, 6) is 1.12. The Morgan fingerprint density at radius 3 is 2.52 bits per heavy atom. The Hall–Kier alpha value is -3.45. The number of Topliss-reactive ketones (excluding diaryl/α,β-unsaturated/α-hetero) is 1. The number of carbonyl (C=O) groups excluding carboxylic acids is 2. The highest BCUT2D eigenvalue weighted by Crippen LogP contribution is 2.33. The topological polar surface area (TPSA) is 72.6 Å². The highest BCUT2D eigenvalue weighted by molar-refractivity contribution is 7.22. The molecule has 2 heterocycles. The molecule has 0 saturated carbocycles. The quantitative estimate of drug-likeness (QED) is 0.424. The van der Waals surface area contributed by atoms with E-state index < -0.39 is 0 Å². The van der Waals surface area contributed by atoms with Crippen LogP contribution in [-0.4, -0.2) is 23.8 Å². The molecule has 0 fully saturated rings. The van der Waals surface area contributed by atoms with Crippen molar-refractivity contribution in [3.8, 4) is 5.75 Å². The summed E-state index contributed by atoms with van der Waals surface area (Å²) in [6.07, 6.45) is 1.57. The number of furan rings is 1. The van der Waals surface area contributed by atoms with Crippen LogP contribution < -0.4 is 9.64 Å². The van der Waals surface area contributed by atoms with Gasteiger partial charge in [0.2, 0.25) is 0 Å². The lowest BCUT2D eigenvalue weighted by Gasteiger charge is -2.19. The van der Waals surface area contributed by atoms with E-state index in [4.69, 9.17) is 9.15 Å². The van der Waals surface area contributed by atoms with Crippen LogP contribution in [0.1, 0.15) is 33.4 Å². The van der Waals surface area contributed by atoms with E-state index in [2.05, 4.69) is 4.98 Å². The first kappa shape index (κ1) is 18.9. The predicted octanol–water partition coefficient (Wildman–Crippen LogP) is 4.95. The van der Waals surface area contributed by atoms with Gasteiger partial charge in [-0.15, -0.1) is 0 Å². The Kier molecular flexibility index (Phi) is 5.14. The van der Waals surface area contributed by atoms with E-state index in [-0.39, 0.29) is 18.2 Å². The number of rotatable bonds is 6. The van der Waals surface area contributed by atoms with E-state index >= 15 is 0 Å². The minimum atomic E-state index is -0.220. The van der Waals surface area contributed by atoms with Gasteiger partial charge in [-0.1, -0.05) is 23.5 Å². The third-order valence-corrected chi connectivity index (χ3v) is 5.53. The Balaban J connectivity index is 1.73. The van der Waals surface area contributed by atoms with Gasteiger partial charge < -0.3 is 9.15 Å². The smallest absolute Gasteiger partial charge is 0.260 e. The van der Waals surface area contributed by atoms with Gasteiger partial charge in [-0.3, -0.25) is 14.5 Å². The normalized spacial score (nSPS) is 10.8. The van der Waals surface area contributed by atoms with Gasteiger partial charge >= 0.3 is 0 Å². The minimum absolute atomic E-state index is 0.0449. The van der Waals surface area contributed by atoms with Crippen LogP contribution in [0.4, 0.5) is 5.13 Å². The highest BCUT2D eigenvalue weighted by Gasteiger charge is 2.23. The molecule has 6 nitrogen and oxygen atoms in total. The molecule has 2 aromatic carbocycles. The van der Waals surface area contributed by atoms with Crippen LogP contribution in [0.2, 0.25) is 0 Å². The molecule has 146 valence electrons. The Labute approximate surface area is 171 Å². The first-order chi connectivity index (χ1) is 14.0. The maximum Gasteiger partial charge on any atom is 0.260 e. The molecule has 4 aromatic rings. The van der Waals surface area contributed by atoms with Crippen LogP contribution in [0.25, 0.3) is 10.2 Å². The second-order valence-corrected chi connectivity index (χ2v) is 7.44. The monoisotopic (exact) mass is 406 g/mol. The molecule has 0 saturated heterocycles. The van der Waals surface area contributed by atoms with Crippen molar-refractivity contribution in [2.24, 2.45) is 0 Å². The number of aromatic nitrogens is 1. The lowest BCUT2D eigenvalue weighted by molar-refractivity contribution is 0.0979. The summed E-state index contributed by atoms with van der Waals surface area (Å²) >= 11 is 1.41. The number of ketones is 1. The van der Waals surface area contributed by atoms with Crippen molar-refractivity contribution in [2.75, 3.05) is 12.0 Å². The Morgan fingerprint density at radius 2 is 1.86 bits per heavy atom. The van der Waals surface area contributed by atoms with Crippen LogP contribution in [0.3, 0.4) is 0 Å². The Bertz CT molecular complexity index is 1160. The number of amides is 1. The predicted molar refractivity (Wildman–Crippen MR) is 112 cm³/mol. The lowest BCUT2D eigenvalue weighted by Crippen LogP contribution is -2.30. The summed E-state index contributed by atoms with van der Waals surface area (Å²) < 4.78 is 11.7. The zero-order chi connectivity index (χ0) is 20.4. The van der Waals surface area contributed by atoms with Crippen LogP contribution in [0.5, 0.6) is 5.75 Å². The standard InChI is InChI=1S/C22H18N2O4S/c1-14(25)15-5-7-16(8-6-15)21(26)24(13-18-4-3-11-28-18)22-23-19-10-9-17(27-2)12-20(19)29-22/h3-12H,13H2,1-2H3. The van der Waals surface area contributed by atoms with Gasteiger partial charge in [-0.25, -0.2) is 4.98 Å². The number of methoxy groups -OCH3 is 1. The second-order valence-electron chi connectivity index (χ2n) is 6.43. The molecule has 0 unspecified atom stereocenters. The molecule has 7 heteroatoms. The maximum atomic E-state index is 13.3. The molecule has 29 heavy (non-hydrogen) atoms. The van der Waals surface area contributed by atoms with E-state index in [1.807, 2.05) is 24.3 Å². The minimum Gasteiger partial charge on any atom is -0.497 e. The van der Waals surface area contributed by atoms with E-state index in [0.29, 0.717) is 22.0 Å². The highest BCUT2D eigenvalue weighted by atomic mass is 32.1. The van der Waals surface area contributed by atoms with Crippen molar-refractivity contribution >= 4 is 38.4 Å². The lowest BCUT2D eigenvalue weighted by atomic mass is 10.1. The van der Waals surface area contributed by atoms with Gasteiger partial charge in [0, 0.05) is 11.1 Å². The number of hydrogen-bond donors (Lipinski definition) is 0. The SMILES string of the molecule is COc1ccc2nc(N(Cc3ccco3)C(=O)c3ccc(C(C)=O)cc3)sc2c1. The summed E-state index contributed by atoms with van der Waals surface area (Å²) in [4.78, 5) is 31.0. The molecule has 0 aliphatic rings. The number of ether oxygens (including phenoxy) is 1. The summed E-state index contributed by atoms with van der Waals surface area (Å²) in [7, 11) is 1.61. The molecular weight excluding hydrogens is 388 g/mol. The fourth-order valence-corrected chi connectivity index (χ4v) is 3.91. The molecule has 0 atom stereocenters. The van der Waals surface area contributed by atoms with Crippen molar-refractivity contribution < 1.29 is 18.7 Å². The molecule has 0 N–H and O–H groups in total. The number of hydrogen-bond acceptors (Lipinski definition) is 6. The molecule has 0 radical (unpaired) electrons. The van der Waals surface area contributed by atoms with Gasteiger partial charge in [-0.05, 0) is 49.4 Å². The second kappa shape index (κ2) is 7.89. The van der Waals surface area contributed by atoms with Crippen LogP contribution in [0.15, 0.2) is 65.3 Å². The third-order valence-electron chi connectivity index (χ3n) is 4.49. The molecule has 0 spiro atoms. The first-order valence-electron chi connectivity index (χ1n) is 8.95. The largest absolute Gasteiger partial charge is 0.497 e. The first-order valence-corrected chi connectivity index (χ1v) is 9.76. The van der Waals surface area contributed by atoms with E-state index in [9.17, 15) is 9.59 Å². The van der Waals surface area contributed by atoms with Crippen molar-refractivity contribution in [1.82, 2.24) is 4.98 Å². The average molecular weight is 406 g/mol. The number of nitrogens with zero attached hydrogens (tertiary/aromatic N) is 2. The average Bonchev–Trinajstić information content (AvgIpc) is 3.40. The van der Waals surface area contributed by atoms with E-state index in [1.165, 1.54) is 18.3 Å². The molecule has 0 aliphatic carbocycles. The van der Waals surface area contributed by atoms with Crippen LogP contribution >= 0.6 is 11.3 Å². The fourth-order valence-electron chi connectivity index (χ4n) is 2.92. The number of anilines is 1. The number of thiazole rings is 1. The zero-order valence-electron chi connectivity index (χ0n) is 15.9. The summed E-state index contributed by atoms with van der Waals surface area (Å²) in [6, 6.07) is 15.8. The van der Waals surface area contributed by atoms with E-state index in [0.717, 1.165) is 16.0 Å². The molecular formula is C22H18N2O4S. The maximum absolute atomic E-state index is 13.3. The van der Waals surface area contributed by atoms with Gasteiger partial charge in [0.05, 0.1) is 30.1 Å². The third kappa shape index (κ3) is 3.90. The molecule has 0 aliphatic heterocycles. The fraction of sp³-hybridized carbons (Fsp3) is 0.136. The summed E-state index contributed by atoms with van der Waals surface area (Å²) in [5.41, 5.74) is 1.82. The van der Waals surface area contributed by atoms with Gasteiger partial charge in [0.25, 0.3) is 5.91 Å². The van der Waals surface area contributed by atoms with Crippen molar-refractivity contribution in [3.05, 3.63) is 77.7 Å². The van der Waals surface area contributed by atoms with Gasteiger partial charge in [0.1, 0.15) is 11.5 Å². The summed E-state index contributed by atoms with van der Waals surface area (Å²) in [5, 5.41) is 0.560. The number of fused-ring (bicyclic) bond motifs is 1. The van der Waals surface area contributed by atoms with Crippen LogP contribution in [0, 0.1) is 0 Å². The number of carbonyl (C=O) groups is 2. The number of benzene rings is 2.